The van der Waals surface area contributed by atoms with Crippen LogP contribution in [0.1, 0.15) is 11.1 Å². The molecule has 0 aromatic heterocycles. The number of nitrogens with zero attached hydrogens (tertiary/aromatic N) is 1. The van der Waals surface area contributed by atoms with Gasteiger partial charge in [-0.3, -0.25) is 0 Å². The van der Waals surface area contributed by atoms with Crippen molar-refractivity contribution in [2.45, 2.75) is 6.92 Å². The van der Waals surface area contributed by atoms with E-state index in [1.807, 2.05) is 12.1 Å². The maximum atomic E-state index is 3.14. The summed E-state index contributed by atoms with van der Waals surface area (Å²) in [5.74, 6) is 0. The van der Waals surface area contributed by atoms with Crippen LogP contribution in [-0.2, 0) is 0 Å². The second kappa shape index (κ2) is 3.44. The van der Waals surface area contributed by atoms with Gasteiger partial charge in [-0.05, 0) is 24.4 Å². The number of hydrazine groups is 1. The van der Waals surface area contributed by atoms with Crippen LogP contribution in [0.25, 0.3) is 5.70 Å². The Morgan fingerprint density at radius 2 is 1.92 bits per heavy atom. The lowest BCUT2D eigenvalue weighted by atomic mass is 10.1. The summed E-state index contributed by atoms with van der Waals surface area (Å²) in [7, 11) is 2.02. The summed E-state index contributed by atoms with van der Waals surface area (Å²) < 4.78 is 0. The molecule has 1 aromatic rings. The molecule has 0 fully saturated rings. The van der Waals surface area contributed by atoms with Crippen LogP contribution >= 0.6 is 11.9 Å². The van der Waals surface area contributed by atoms with Crippen molar-refractivity contribution >= 4 is 17.6 Å². The van der Waals surface area contributed by atoms with E-state index in [0.29, 0.717) is 0 Å². The zero-order valence-electron chi connectivity index (χ0n) is 7.74. The number of aryl methyl sites for hydroxylation is 1. The molecule has 1 heterocycles. The Kier molecular flexibility index (Phi) is 2.29. The lowest BCUT2D eigenvalue weighted by molar-refractivity contribution is 0.468. The molecule has 0 saturated heterocycles. The van der Waals surface area contributed by atoms with Gasteiger partial charge in [0, 0.05) is 12.5 Å². The van der Waals surface area contributed by atoms with E-state index in [2.05, 4.69) is 41.4 Å². The van der Waals surface area contributed by atoms with Gasteiger partial charge in [0.1, 0.15) is 0 Å². The summed E-state index contributed by atoms with van der Waals surface area (Å²) >= 11 is 1.60. The molecule has 1 aromatic carbocycles. The van der Waals surface area contributed by atoms with Gasteiger partial charge in [0.15, 0.2) is 0 Å². The maximum Gasteiger partial charge on any atom is 0.0674 e. The van der Waals surface area contributed by atoms with Crippen LogP contribution in [-0.4, -0.2) is 12.1 Å². The molecule has 2 rings (SSSR count). The van der Waals surface area contributed by atoms with Gasteiger partial charge in [-0.25, -0.2) is 0 Å². The molecule has 0 amide bonds. The lowest BCUT2D eigenvalue weighted by Crippen LogP contribution is -2.21. The van der Waals surface area contributed by atoms with Crippen molar-refractivity contribution in [3.8, 4) is 0 Å². The first kappa shape index (κ1) is 8.66. The van der Waals surface area contributed by atoms with Crippen molar-refractivity contribution in [3.05, 3.63) is 40.8 Å². The van der Waals surface area contributed by atoms with E-state index in [-0.39, 0.29) is 0 Å². The molecule has 0 bridgehead atoms. The highest BCUT2D eigenvalue weighted by Crippen LogP contribution is 2.25. The SMILES string of the molecule is Cc1ccc(C2=CSNN2C)cc1. The first-order chi connectivity index (χ1) is 6.27. The molecule has 13 heavy (non-hydrogen) atoms. The van der Waals surface area contributed by atoms with Crippen molar-refractivity contribution in [3.63, 3.8) is 0 Å². The number of benzene rings is 1. The molecule has 0 unspecified atom stereocenters. The van der Waals surface area contributed by atoms with Crippen LogP contribution in [0, 0.1) is 6.92 Å². The predicted octanol–water partition coefficient (Wildman–Crippen LogP) is 2.39. The summed E-state index contributed by atoms with van der Waals surface area (Å²) in [6.45, 7) is 2.10. The minimum Gasteiger partial charge on any atom is -0.300 e. The highest BCUT2D eigenvalue weighted by molar-refractivity contribution is 8.00. The topological polar surface area (TPSA) is 15.3 Å². The third kappa shape index (κ3) is 1.71. The Bertz CT molecular complexity index is 329. The largest absolute Gasteiger partial charge is 0.300 e. The van der Waals surface area contributed by atoms with E-state index >= 15 is 0 Å². The quantitative estimate of drug-likeness (QED) is 0.688. The van der Waals surface area contributed by atoms with E-state index < -0.39 is 0 Å². The van der Waals surface area contributed by atoms with Crippen molar-refractivity contribution in [2.75, 3.05) is 7.05 Å². The average Bonchev–Trinajstić information content (AvgIpc) is 2.53. The Hall–Kier alpha value is -0.930. The fourth-order valence-corrected chi connectivity index (χ4v) is 1.99. The molecule has 0 radical (unpaired) electrons. The van der Waals surface area contributed by atoms with Crippen LogP contribution in [0.4, 0.5) is 0 Å². The normalized spacial score (nSPS) is 16.2. The summed E-state index contributed by atoms with van der Waals surface area (Å²) in [5.41, 5.74) is 3.78. The summed E-state index contributed by atoms with van der Waals surface area (Å²) in [5, 5.41) is 4.14. The monoisotopic (exact) mass is 192 g/mol. The standard InChI is InChI=1S/C10H12N2S/c1-8-3-5-9(6-4-8)10-7-13-11-12(10)2/h3-7,11H,1-2H3. The van der Waals surface area contributed by atoms with Crippen LogP contribution in [0.2, 0.25) is 0 Å². The minimum atomic E-state index is 1.23. The summed E-state index contributed by atoms with van der Waals surface area (Å²) in [6, 6.07) is 8.55. The van der Waals surface area contributed by atoms with Gasteiger partial charge in [0.25, 0.3) is 0 Å². The highest BCUT2D eigenvalue weighted by Gasteiger charge is 2.11. The fourth-order valence-electron chi connectivity index (χ4n) is 1.28. The second-order valence-corrected chi connectivity index (χ2v) is 3.79. The second-order valence-electron chi connectivity index (χ2n) is 3.14. The van der Waals surface area contributed by atoms with Crippen LogP contribution in [0.15, 0.2) is 29.7 Å². The molecule has 2 nitrogen and oxygen atoms in total. The molecular formula is C10H12N2S. The van der Waals surface area contributed by atoms with Gasteiger partial charge in [-0.1, -0.05) is 29.8 Å². The zero-order valence-corrected chi connectivity index (χ0v) is 8.56. The highest BCUT2D eigenvalue weighted by atomic mass is 32.2. The molecule has 1 aliphatic heterocycles. The number of nitrogens with one attached hydrogen (secondary N) is 1. The third-order valence-electron chi connectivity index (χ3n) is 2.07. The zero-order chi connectivity index (χ0) is 9.26. The maximum absolute atomic E-state index is 3.14. The van der Waals surface area contributed by atoms with Gasteiger partial charge < -0.3 is 5.01 Å². The van der Waals surface area contributed by atoms with E-state index in [4.69, 9.17) is 0 Å². The van der Waals surface area contributed by atoms with Gasteiger partial charge in [-0.15, -0.1) is 0 Å². The summed E-state index contributed by atoms with van der Waals surface area (Å²) in [6.07, 6.45) is 0. The molecule has 1 aliphatic rings. The molecular weight excluding hydrogens is 180 g/mol. The van der Waals surface area contributed by atoms with Crippen molar-refractivity contribution < 1.29 is 0 Å². The van der Waals surface area contributed by atoms with Gasteiger partial charge >= 0.3 is 0 Å². The van der Waals surface area contributed by atoms with Crippen molar-refractivity contribution in [1.82, 2.24) is 9.84 Å². The minimum absolute atomic E-state index is 1.23. The Morgan fingerprint density at radius 1 is 1.23 bits per heavy atom. The fraction of sp³-hybridized carbons (Fsp3) is 0.200. The van der Waals surface area contributed by atoms with Gasteiger partial charge in [0.2, 0.25) is 0 Å². The molecule has 3 heteroatoms. The molecule has 0 saturated carbocycles. The number of hydrogen-bond donors (Lipinski definition) is 1. The van der Waals surface area contributed by atoms with Crippen molar-refractivity contribution in [1.29, 1.82) is 0 Å². The molecule has 0 aliphatic carbocycles. The first-order valence-corrected chi connectivity index (χ1v) is 5.07. The summed E-state index contributed by atoms with van der Waals surface area (Å²) in [4.78, 5) is 3.14. The van der Waals surface area contributed by atoms with Gasteiger partial charge in [-0.2, -0.15) is 4.83 Å². The Labute approximate surface area is 82.7 Å². The molecule has 68 valence electrons. The van der Waals surface area contributed by atoms with Crippen molar-refractivity contribution in [2.24, 2.45) is 0 Å². The van der Waals surface area contributed by atoms with Crippen LogP contribution in [0.5, 0.6) is 0 Å². The van der Waals surface area contributed by atoms with E-state index in [9.17, 15) is 0 Å². The predicted molar refractivity (Wildman–Crippen MR) is 57.6 cm³/mol. The molecule has 0 atom stereocenters. The van der Waals surface area contributed by atoms with E-state index in [0.717, 1.165) is 0 Å². The van der Waals surface area contributed by atoms with Crippen LogP contribution in [0.3, 0.4) is 0 Å². The van der Waals surface area contributed by atoms with Gasteiger partial charge in [0.05, 0.1) is 5.70 Å². The lowest BCUT2D eigenvalue weighted by Gasteiger charge is -2.15. The Balaban J connectivity index is 2.30. The molecule has 0 spiro atoms. The smallest absolute Gasteiger partial charge is 0.0674 e. The number of hydrogen-bond acceptors (Lipinski definition) is 3. The third-order valence-corrected chi connectivity index (χ3v) is 2.79. The van der Waals surface area contributed by atoms with Crippen LogP contribution < -0.4 is 4.83 Å². The number of rotatable bonds is 1. The van der Waals surface area contributed by atoms with E-state index in [1.54, 1.807) is 11.9 Å². The average molecular weight is 192 g/mol. The first-order valence-electron chi connectivity index (χ1n) is 4.19. The Morgan fingerprint density at radius 3 is 2.46 bits per heavy atom. The molecule has 1 N–H and O–H groups in total. The van der Waals surface area contributed by atoms with E-state index in [1.165, 1.54) is 16.8 Å².